The van der Waals surface area contributed by atoms with Crippen LogP contribution in [0.5, 0.6) is 0 Å². The van der Waals surface area contributed by atoms with Crippen LogP contribution in [0.25, 0.3) is 0 Å². The molecule has 6 heteroatoms. The van der Waals surface area contributed by atoms with Gasteiger partial charge in [-0.2, -0.15) is 0 Å². The zero-order chi connectivity index (χ0) is 16.2. The molecule has 0 aliphatic rings. The van der Waals surface area contributed by atoms with Gasteiger partial charge in [0.05, 0.1) is 24.3 Å². The van der Waals surface area contributed by atoms with E-state index < -0.39 is 11.9 Å². The molecule has 0 saturated heterocycles. The minimum atomic E-state index is -0.572. The molecule has 1 aromatic carbocycles. The summed E-state index contributed by atoms with van der Waals surface area (Å²) in [6.07, 6.45) is 0. The van der Waals surface area contributed by atoms with Crippen molar-refractivity contribution in [3.63, 3.8) is 0 Å². The van der Waals surface area contributed by atoms with Gasteiger partial charge in [0.1, 0.15) is 13.2 Å². The molecule has 0 aliphatic heterocycles. The lowest BCUT2D eigenvalue weighted by molar-refractivity contribution is 0.0296. The molecule has 0 fully saturated rings. The SMILES string of the molecule is CCOCCOC(=O)c1ccccc1C(=O)OCCOCC. The van der Waals surface area contributed by atoms with E-state index in [0.717, 1.165) is 0 Å². The number of esters is 2. The van der Waals surface area contributed by atoms with Gasteiger partial charge in [-0.1, -0.05) is 12.1 Å². The normalized spacial score (nSPS) is 10.3. The fourth-order valence-corrected chi connectivity index (χ4v) is 1.67. The second kappa shape index (κ2) is 10.8. The fraction of sp³-hybridized carbons (Fsp3) is 0.500. The monoisotopic (exact) mass is 310 g/mol. The number of rotatable bonds is 10. The Balaban J connectivity index is 2.60. The van der Waals surface area contributed by atoms with E-state index in [2.05, 4.69) is 0 Å². The Morgan fingerprint density at radius 3 is 1.55 bits per heavy atom. The molecule has 0 N–H and O–H groups in total. The van der Waals surface area contributed by atoms with Crippen LogP contribution in [0.1, 0.15) is 34.6 Å². The maximum Gasteiger partial charge on any atom is 0.339 e. The molecule has 0 spiro atoms. The largest absolute Gasteiger partial charge is 0.460 e. The highest BCUT2D eigenvalue weighted by atomic mass is 16.6. The van der Waals surface area contributed by atoms with Crippen molar-refractivity contribution in [2.75, 3.05) is 39.6 Å². The molecule has 0 bridgehead atoms. The Hall–Kier alpha value is -1.92. The van der Waals surface area contributed by atoms with E-state index in [1.54, 1.807) is 12.1 Å². The van der Waals surface area contributed by atoms with E-state index >= 15 is 0 Å². The second-order valence-electron chi connectivity index (χ2n) is 4.21. The van der Waals surface area contributed by atoms with Crippen LogP contribution < -0.4 is 0 Å². The minimum Gasteiger partial charge on any atom is -0.460 e. The first kappa shape index (κ1) is 18.1. The molecular weight excluding hydrogens is 288 g/mol. The summed E-state index contributed by atoms with van der Waals surface area (Å²) in [4.78, 5) is 24.0. The van der Waals surface area contributed by atoms with Crippen LogP contribution >= 0.6 is 0 Å². The molecule has 122 valence electrons. The maximum absolute atomic E-state index is 12.0. The lowest BCUT2D eigenvalue weighted by atomic mass is 10.1. The summed E-state index contributed by atoms with van der Waals surface area (Å²) in [5.41, 5.74) is 0.362. The van der Waals surface area contributed by atoms with Gasteiger partial charge >= 0.3 is 11.9 Å². The van der Waals surface area contributed by atoms with Crippen molar-refractivity contribution in [1.82, 2.24) is 0 Å². The Labute approximate surface area is 130 Å². The Bertz CT molecular complexity index is 428. The van der Waals surface area contributed by atoms with Crippen LogP contribution in [0.2, 0.25) is 0 Å². The van der Waals surface area contributed by atoms with E-state index in [4.69, 9.17) is 18.9 Å². The molecule has 1 aromatic rings. The Morgan fingerprint density at radius 1 is 0.773 bits per heavy atom. The van der Waals surface area contributed by atoms with E-state index in [0.29, 0.717) is 26.4 Å². The summed E-state index contributed by atoms with van der Waals surface area (Å²) in [6.45, 7) is 5.75. The summed E-state index contributed by atoms with van der Waals surface area (Å²) in [6, 6.07) is 6.39. The summed E-state index contributed by atoms with van der Waals surface area (Å²) < 4.78 is 20.3. The van der Waals surface area contributed by atoms with Crippen molar-refractivity contribution >= 4 is 11.9 Å². The molecule has 0 aliphatic carbocycles. The predicted octanol–water partition coefficient (Wildman–Crippen LogP) is 2.07. The average molecular weight is 310 g/mol. The van der Waals surface area contributed by atoms with Crippen molar-refractivity contribution in [3.05, 3.63) is 35.4 Å². The number of ether oxygens (including phenoxy) is 4. The van der Waals surface area contributed by atoms with Crippen LogP contribution in [0, 0.1) is 0 Å². The molecule has 0 aromatic heterocycles. The van der Waals surface area contributed by atoms with Gasteiger partial charge in [0.15, 0.2) is 0 Å². The number of hydrogen-bond donors (Lipinski definition) is 0. The van der Waals surface area contributed by atoms with Gasteiger partial charge in [-0.25, -0.2) is 9.59 Å². The zero-order valence-electron chi connectivity index (χ0n) is 13.0. The van der Waals surface area contributed by atoms with Gasteiger partial charge in [0, 0.05) is 13.2 Å². The predicted molar refractivity (Wildman–Crippen MR) is 80.0 cm³/mol. The van der Waals surface area contributed by atoms with Crippen molar-refractivity contribution < 1.29 is 28.5 Å². The van der Waals surface area contributed by atoms with Gasteiger partial charge in [-0.3, -0.25) is 0 Å². The quantitative estimate of drug-likeness (QED) is 0.487. The van der Waals surface area contributed by atoms with E-state index in [-0.39, 0.29) is 24.3 Å². The van der Waals surface area contributed by atoms with Crippen LogP contribution in [0.4, 0.5) is 0 Å². The molecule has 0 atom stereocenters. The third-order valence-electron chi connectivity index (χ3n) is 2.70. The van der Waals surface area contributed by atoms with Gasteiger partial charge < -0.3 is 18.9 Å². The van der Waals surface area contributed by atoms with Crippen molar-refractivity contribution in [2.24, 2.45) is 0 Å². The van der Waals surface area contributed by atoms with E-state index in [9.17, 15) is 9.59 Å². The first-order valence-corrected chi connectivity index (χ1v) is 7.29. The van der Waals surface area contributed by atoms with E-state index in [1.165, 1.54) is 12.1 Å². The summed E-state index contributed by atoms with van der Waals surface area (Å²) in [5.74, 6) is -1.14. The number of hydrogen-bond acceptors (Lipinski definition) is 6. The van der Waals surface area contributed by atoms with Crippen molar-refractivity contribution in [1.29, 1.82) is 0 Å². The molecule has 0 radical (unpaired) electrons. The lowest BCUT2D eigenvalue weighted by Gasteiger charge is -2.10. The zero-order valence-corrected chi connectivity index (χ0v) is 13.0. The summed E-state index contributed by atoms with van der Waals surface area (Å²) in [5, 5.41) is 0. The third kappa shape index (κ3) is 6.24. The molecule has 22 heavy (non-hydrogen) atoms. The van der Waals surface area contributed by atoms with Gasteiger partial charge in [-0.15, -0.1) is 0 Å². The average Bonchev–Trinajstić information content (AvgIpc) is 2.55. The highest BCUT2D eigenvalue weighted by Crippen LogP contribution is 2.12. The second-order valence-corrected chi connectivity index (χ2v) is 4.21. The number of carbonyl (C=O) groups excluding carboxylic acids is 2. The Morgan fingerprint density at radius 2 is 1.18 bits per heavy atom. The van der Waals surface area contributed by atoms with Crippen LogP contribution in [-0.4, -0.2) is 51.6 Å². The van der Waals surface area contributed by atoms with Gasteiger partial charge in [0.2, 0.25) is 0 Å². The van der Waals surface area contributed by atoms with Crippen LogP contribution in [0.15, 0.2) is 24.3 Å². The standard InChI is InChI=1S/C16H22O6/c1-3-19-9-11-21-15(17)13-7-5-6-8-14(13)16(18)22-12-10-20-4-2/h5-8H,3-4,9-12H2,1-2H3. The molecule has 0 heterocycles. The first-order chi connectivity index (χ1) is 10.7. The summed E-state index contributed by atoms with van der Waals surface area (Å²) >= 11 is 0. The highest BCUT2D eigenvalue weighted by molar-refractivity contribution is 6.03. The summed E-state index contributed by atoms with van der Waals surface area (Å²) in [7, 11) is 0. The number of benzene rings is 1. The molecule has 6 nitrogen and oxygen atoms in total. The maximum atomic E-state index is 12.0. The van der Waals surface area contributed by atoms with Gasteiger partial charge in [0.25, 0.3) is 0 Å². The highest BCUT2D eigenvalue weighted by Gasteiger charge is 2.18. The van der Waals surface area contributed by atoms with Crippen LogP contribution in [0.3, 0.4) is 0 Å². The topological polar surface area (TPSA) is 71.1 Å². The minimum absolute atomic E-state index is 0.139. The molecule has 1 rings (SSSR count). The first-order valence-electron chi connectivity index (χ1n) is 7.29. The molecule has 0 unspecified atom stereocenters. The third-order valence-corrected chi connectivity index (χ3v) is 2.70. The fourth-order valence-electron chi connectivity index (χ4n) is 1.67. The van der Waals surface area contributed by atoms with E-state index in [1.807, 2.05) is 13.8 Å². The lowest BCUT2D eigenvalue weighted by Crippen LogP contribution is -2.17. The Kier molecular flexibility index (Phi) is 8.86. The molecule has 0 amide bonds. The van der Waals surface area contributed by atoms with Crippen LogP contribution in [-0.2, 0) is 18.9 Å². The smallest absolute Gasteiger partial charge is 0.339 e. The number of carbonyl (C=O) groups is 2. The molecule has 0 saturated carbocycles. The van der Waals surface area contributed by atoms with Crippen molar-refractivity contribution in [2.45, 2.75) is 13.8 Å². The van der Waals surface area contributed by atoms with Gasteiger partial charge in [-0.05, 0) is 26.0 Å². The van der Waals surface area contributed by atoms with Crippen molar-refractivity contribution in [3.8, 4) is 0 Å². The molecular formula is C16H22O6.